The van der Waals surface area contributed by atoms with E-state index in [0.29, 0.717) is 10.9 Å². The second kappa shape index (κ2) is 7.84. The number of amides is 1. The number of rotatable bonds is 4. The maximum atomic E-state index is 11.9. The van der Waals surface area contributed by atoms with E-state index in [1.165, 1.54) is 24.6 Å². The van der Waals surface area contributed by atoms with Crippen LogP contribution in [0.4, 0.5) is 0 Å². The SMILES string of the molecule is CC1CCCCC1NC(=O)COC(=O)c1ccc(Cl)c(Cl)c1. The van der Waals surface area contributed by atoms with E-state index in [1.807, 2.05) is 0 Å². The molecule has 1 aliphatic rings. The monoisotopic (exact) mass is 343 g/mol. The molecule has 1 fully saturated rings. The van der Waals surface area contributed by atoms with E-state index < -0.39 is 5.97 Å². The van der Waals surface area contributed by atoms with Crippen molar-refractivity contribution in [1.82, 2.24) is 5.32 Å². The largest absolute Gasteiger partial charge is 0.452 e. The van der Waals surface area contributed by atoms with Crippen molar-refractivity contribution in [2.75, 3.05) is 6.61 Å². The maximum Gasteiger partial charge on any atom is 0.338 e. The zero-order valence-electron chi connectivity index (χ0n) is 12.4. The lowest BCUT2D eigenvalue weighted by Crippen LogP contribution is -2.42. The standard InChI is InChI=1S/C16H19Cl2NO3/c1-10-4-2-3-5-14(10)19-15(20)9-22-16(21)11-6-7-12(17)13(18)8-11/h6-8,10,14H,2-5,9H2,1H3,(H,19,20). The Hall–Kier alpha value is -1.26. The van der Waals surface area contributed by atoms with Crippen LogP contribution < -0.4 is 5.32 Å². The molecule has 0 heterocycles. The van der Waals surface area contributed by atoms with Crippen molar-refractivity contribution >= 4 is 35.1 Å². The maximum absolute atomic E-state index is 11.9. The number of carbonyl (C=O) groups is 2. The van der Waals surface area contributed by atoms with E-state index >= 15 is 0 Å². The summed E-state index contributed by atoms with van der Waals surface area (Å²) in [4.78, 5) is 23.7. The topological polar surface area (TPSA) is 55.4 Å². The summed E-state index contributed by atoms with van der Waals surface area (Å²) in [5, 5.41) is 3.57. The molecule has 120 valence electrons. The molecule has 2 atom stereocenters. The second-order valence-corrected chi connectivity index (χ2v) is 6.46. The lowest BCUT2D eigenvalue weighted by atomic mass is 9.86. The van der Waals surface area contributed by atoms with Crippen LogP contribution >= 0.6 is 23.2 Å². The van der Waals surface area contributed by atoms with E-state index in [-0.39, 0.29) is 29.1 Å². The van der Waals surface area contributed by atoms with Crippen molar-refractivity contribution < 1.29 is 14.3 Å². The summed E-state index contributed by atoms with van der Waals surface area (Å²) in [6.07, 6.45) is 4.43. The summed E-state index contributed by atoms with van der Waals surface area (Å²) in [6.45, 7) is 1.84. The number of esters is 1. The molecule has 1 amide bonds. The van der Waals surface area contributed by atoms with E-state index in [9.17, 15) is 9.59 Å². The molecule has 1 aliphatic carbocycles. The molecule has 0 aliphatic heterocycles. The minimum absolute atomic E-state index is 0.171. The Morgan fingerprint density at radius 3 is 2.64 bits per heavy atom. The molecule has 1 aromatic rings. The third kappa shape index (κ3) is 4.62. The molecule has 2 rings (SSSR count). The molecule has 6 heteroatoms. The Balaban J connectivity index is 1.82. The lowest BCUT2D eigenvalue weighted by Gasteiger charge is -2.29. The van der Waals surface area contributed by atoms with Gasteiger partial charge in [-0.3, -0.25) is 4.79 Å². The van der Waals surface area contributed by atoms with Gasteiger partial charge in [0.25, 0.3) is 5.91 Å². The van der Waals surface area contributed by atoms with Gasteiger partial charge in [-0.15, -0.1) is 0 Å². The third-order valence-electron chi connectivity index (χ3n) is 3.95. The van der Waals surface area contributed by atoms with Crippen molar-refractivity contribution in [2.24, 2.45) is 5.92 Å². The van der Waals surface area contributed by atoms with Crippen LogP contribution in [0.25, 0.3) is 0 Å². The van der Waals surface area contributed by atoms with Crippen LogP contribution in [0.2, 0.25) is 10.0 Å². The van der Waals surface area contributed by atoms with Crippen LogP contribution in [0.5, 0.6) is 0 Å². The van der Waals surface area contributed by atoms with Crippen molar-refractivity contribution in [2.45, 2.75) is 38.6 Å². The Morgan fingerprint density at radius 1 is 1.23 bits per heavy atom. The van der Waals surface area contributed by atoms with Gasteiger partial charge in [-0.1, -0.05) is 43.0 Å². The Labute approximate surface area is 140 Å². The van der Waals surface area contributed by atoms with Gasteiger partial charge in [0.2, 0.25) is 0 Å². The van der Waals surface area contributed by atoms with Gasteiger partial charge in [-0.05, 0) is 37.0 Å². The van der Waals surface area contributed by atoms with Gasteiger partial charge in [0, 0.05) is 6.04 Å². The van der Waals surface area contributed by atoms with Crippen molar-refractivity contribution in [3.63, 3.8) is 0 Å². The van der Waals surface area contributed by atoms with Crippen LogP contribution in [0.15, 0.2) is 18.2 Å². The molecule has 1 saturated carbocycles. The zero-order chi connectivity index (χ0) is 16.1. The molecule has 0 saturated heterocycles. The molecule has 0 bridgehead atoms. The smallest absolute Gasteiger partial charge is 0.338 e. The third-order valence-corrected chi connectivity index (χ3v) is 4.69. The van der Waals surface area contributed by atoms with Crippen LogP contribution in [-0.2, 0) is 9.53 Å². The molecule has 4 nitrogen and oxygen atoms in total. The van der Waals surface area contributed by atoms with Gasteiger partial charge < -0.3 is 10.1 Å². The lowest BCUT2D eigenvalue weighted by molar-refractivity contribution is -0.125. The van der Waals surface area contributed by atoms with Crippen LogP contribution in [0, 0.1) is 5.92 Å². The summed E-state index contributed by atoms with van der Waals surface area (Å²) in [5.74, 6) is -0.402. The van der Waals surface area contributed by atoms with Crippen molar-refractivity contribution in [3.8, 4) is 0 Å². The van der Waals surface area contributed by atoms with E-state index in [0.717, 1.165) is 19.3 Å². The highest BCUT2D eigenvalue weighted by molar-refractivity contribution is 6.42. The van der Waals surface area contributed by atoms with Crippen LogP contribution in [-0.4, -0.2) is 24.5 Å². The van der Waals surface area contributed by atoms with E-state index in [1.54, 1.807) is 0 Å². The molecular formula is C16H19Cl2NO3. The molecule has 0 radical (unpaired) electrons. The van der Waals surface area contributed by atoms with Gasteiger partial charge in [0.1, 0.15) is 0 Å². The van der Waals surface area contributed by atoms with Gasteiger partial charge >= 0.3 is 5.97 Å². The van der Waals surface area contributed by atoms with E-state index in [4.69, 9.17) is 27.9 Å². The summed E-state index contributed by atoms with van der Waals surface area (Å²) in [5.41, 5.74) is 0.272. The number of nitrogens with one attached hydrogen (secondary N) is 1. The number of benzene rings is 1. The predicted octanol–water partition coefficient (Wildman–Crippen LogP) is 3.85. The Bertz CT molecular complexity index is 562. The molecule has 0 aromatic heterocycles. The van der Waals surface area contributed by atoms with E-state index in [2.05, 4.69) is 12.2 Å². The fourth-order valence-corrected chi connectivity index (χ4v) is 2.91. The first-order valence-corrected chi connectivity index (χ1v) is 8.14. The van der Waals surface area contributed by atoms with Gasteiger partial charge in [-0.2, -0.15) is 0 Å². The predicted molar refractivity (Wildman–Crippen MR) is 86.3 cm³/mol. The number of halogens is 2. The quantitative estimate of drug-likeness (QED) is 0.845. The fraction of sp³-hybridized carbons (Fsp3) is 0.500. The molecule has 2 unspecified atom stereocenters. The number of hydrogen-bond donors (Lipinski definition) is 1. The van der Waals surface area contributed by atoms with Gasteiger partial charge in [-0.25, -0.2) is 4.79 Å². The molecular weight excluding hydrogens is 325 g/mol. The van der Waals surface area contributed by atoms with Crippen LogP contribution in [0.3, 0.4) is 0 Å². The normalized spacial score (nSPS) is 21.2. The Morgan fingerprint density at radius 2 is 1.95 bits per heavy atom. The number of hydrogen-bond acceptors (Lipinski definition) is 3. The summed E-state index contributed by atoms with van der Waals surface area (Å²) in [6, 6.07) is 4.62. The first-order chi connectivity index (χ1) is 10.5. The molecule has 1 aromatic carbocycles. The highest BCUT2D eigenvalue weighted by atomic mass is 35.5. The minimum Gasteiger partial charge on any atom is -0.452 e. The minimum atomic E-state index is -0.592. The first kappa shape index (κ1) is 17.1. The Kier molecular flexibility index (Phi) is 6.09. The summed E-state index contributed by atoms with van der Waals surface area (Å²) in [7, 11) is 0. The number of ether oxygens (including phenoxy) is 1. The summed E-state index contributed by atoms with van der Waals surface area (Å²) >= 11 is 11.6. The van der Waals surface area contributed by atoms with Crippen LogP contribution in [0.1, 0.15) is 43.0 Å². The highest BCUT2D eigenvalue weighted by Gasteiger charge is 2.23. The van der Waals surface area contributed by atoms with Gasteiger partial charge in [0.15, 0.2) is 6.61 Å². The second-order valence-electron chi connectivity index (χ2n) is 5.64. The summed E-state index contributed by atoms with van der Waals surface area (Å²) < 4.78 is 5.01. The fourth-order valence-electron chi connectivity index (χ4n) is 2.62. The highest BCUT2D eigenvalue weighted by Crippen LogP contribution is 2.24. The number of carbonyl (C=O) groups excluding carboxylic acids is 2. The van der Waals surface area contributed by atoms with Gasteiger partial charge in [0.05, 0.1) is 15.6 Å². The van der Waals surface area contributed by atoms with Crippen molar-refractivity contribution in [1.29, 1.82) is 0 Å². The zero-order valence-corrected chi connectivity index (χ0v) is 13.9. The molecule has 0 spiro atoms. The average Bonchev–Trinajstić information content (AvgIpc) is 2.50. The van der Waals surface area contributed by atoms with Crippen molar-refractivity contribution in [3.05, 3.63) is 33.8 Å². The molecule has 1 N–H and O–H groups in total. The average molecular weight is 344 g/mol. The molecule has 22 heavy (non-hydrogen) atoms. The first-order valence-electron chi connectivity index (χ1n) is 7.39.